The van der Waals surface area contributed by atoms with E-state index < -0.39 is 0 Å². The molecule has 2 heterocycles. The molecule has 0 aliphatic carbocycles. The summed E-state index contributed by atoms with van der Waals surface area (Å²) in [5.74, 6) is 0.609. The third-order valence-corrected chi connectivity index (χ3v) is 3.98. The van der Waals surface area contributed by atoms with Crippen molar-refractivity contribution >= 4 is 5.91 Å². The van der Waals surface area contributed by atoms with Crippen molar-refractivity contribution in [1.82, 2.24) is 20.0 Å². The van der Waals surface area contributed by atoms with Crippen LogP contribution in [0.25, 0.3) is 0 Å². The first-order valence-corrected chi connectivity index (χ1v) is 7.65. The fraction of sp³-hybridized carbons (Fsp3) is 0.733. The van der Waals surface area contributed by atoms with E-state index in [0.717, 1.165) is 39.0 Å². The molecule has 2 rings (SSSR count). The van der Waals surface area contributed by atoms with Gasteiger partial charge in [-0.2, -0.15) is 5.10 Å². The summed E-state index contributed by atoms with van der Waals surface area (Å²) in [6, 6.07) is 0. The molecule has 0 unspecified atom stereocenters. The largest absolute Gasteiger partial charge is 0.342 e. The van der Waals surface area contributed by atoms with Crippen molar-refractivity contribution in [3.63, 3.8) is 0 Å². The second-order valence-electron chi connectivity index (χ2n) is 5.64. The molecule has 20 heavy (non-hydrogen) atoms. The minimum absolute atomic E-state index is 0.0531. The first kappa shape index (κ1) is 15.0. The maximum Gasteiger partial charge on any atom is 0.227 e. The molecular weight excluding hydrogens is 252 g/mol. The minimum Gasteiger partial charge on any atom is -0.342 e. The molecule has 0 saturated carbocycles. The molecule has 1 aliphatic heterocycles. The van der Waals surface area contributed by atoms with Crippen molar-refractivity contribution in [2.24, 2.45) is 13.0 Å². The van der Waals surface area contributed by atoms with Crippen LogP contribution in [0.2, 0.25) is 0 Å². The Labute approximate surface area is 121 Å². The highest BCUT2D eigenvalue weighted by Gasteiger charge is 2.36. The van der Waals surface area contributed by atoms with Crippen LogP contribution in [-0.2, 0) is 11.8 Å². The summed E-state index contributed by atoms with van der Waals surface area (Å²) in [5, 5.41) is 7.60. The predicted molar refractivity (Wildman–Crippen MR) is 79.5 cm³/mol. The van der Waals surface area contributed by atoms with Gasteiger partial charge in [0.1, 0.15) is 0 Å². The highest BCUT2D eigenvalue weighted by atomic mass is 16.2. The molecular formula is C15H26N4O. The molecule has 1 aliphatic rings. The fourth-order valence-electron chi connectivity index (χ4n) is 3.03. The van der Waals surface area contributed by atoms with E-state index in [1.807, 2.05) is 29.0 Å². The first-order chi connectivity index (χ1) is 9.67. The predicted octanol–water partition coefficient (Wildman–Crippen LogP) is 1.37. The Bertz CT molecular complexity index is 437. The highest BCUT2D eigenvalue weighted by Crippen LogP contribution is 2.29. The van der Waals surface area contributed by atoms with Gasteiger partial charge in [0.05, 0.1) is 12.1 Å². The van der Waals surface area contributed by atoms with Crippen LogP contribution < -0.4 is 5.32 Å². The maximum absolute atomic E-state index is 12.8. The van der Waals surface area contributed by atoms with Gasteiger partial charge in [0, 0.05) is 45.3 Å². The molecule has 1 aromatic rings. The fourth-order valence-corrected chi connectivity index (χ4v) is 3.03. The number of nitrogens with one attached hydrogen (secondary N) is 1. The number of amides is 1. The second-order valence-corrected chi connectivity index (χ2v) is 5.64. The average molecular weight is 278 g/mol. The van der Waals surface area contributed by atoms with Crippen molar-refractivity contribution in [2.75, 3.05) is 26.2 Å². The van der Waals surface area contributed by atoms with Crippen LogP contribution in [-0.4, -0.2) is 46.8 Å². The van der Waals surface area contributed by atoms with Crippen molar-refractivity contribution < 1.29 is 4.79 Å². The van der Waals surface area contributed by atoms with E-state index in [-0.39, 0.29) is 11.8 Å². The number of aryl methyl sites for hydroxylation is 1. The van der Waals surface area contributed by atoms with E-state index in [4.69, 9.17) is 0 Å². The van der Waals surface area contributed by atoms with Crippen molar-refractivity contribution in [3.05, 3.63) is 18.0 Å². The Hall–Kier alpha value is -1.36. The molecule has 112 valence electrons. The third kappa shape index (κ3) is 3.20. The van der Waals surface area contributed by atoms with Crippen LogP contribution in [0.15, 0.2) is 12.4 Å². The number of aromatic nitrogens is 2. The zero-order valence-electron chi connectivity index (χ0n) is 12.8. The van der Waals surface area contributed by atoms with Gasteiger partial charge in [-0.05, 0) is 18.4 Å². The quantitative estimate of drug-likeness (QED) is 0.855. The van der Waals surface area contributed by atoms with Gasteiger partial charge >= 0.3 is 0 Å². The summed E-state index contributed by atoms with van der Waals surface area (Å²) in [4.78, 5) is 14.8. The number of hydrogen-bond acceptors (Lipinski definition) is 3. The molecule has 1 fully saturated rings. The zero-order chi connectivity index (χ0) is 14.5. The van der Waals surface area contributed by atoms with E-state index in [0.29, 0.717) is 5.91 Å². The molecule has 5 heteroatoms. The number of hydrogen-bond donors (Lipinski definition) is 1. The summed E-state index contributed by atoms with van der Waals surface area (Å²) < 4.78 is 1.81. The first-order valence-electron chi connectivity index (χ1n) is 7.65. The van der Waals surface area contributed by atoms with Crippen LogP contribution in [0.5, 0.6) is 0 Å². The highest BCUT2D eigenvalue weighted by molar-refractivity contribution is 5.80. The summed E-state index contributed by atoms with van der Waals surface area (Å²) in [7, 11) is 1.92. The van der Waals surface area contributed by atoms with Gasteiger partial charge in [0.15, 0.2) is 0 Å². The minimum atomic E-state index is 0.0531. The van der Waals surface area contributed by atoms with E-state index in [1.165, 1.54) is 5.56 Å². The number of nitrogens with zero attached hydrogens (tertiary/aromatic N) is 3. The Balaban J connectivity index is 2.10. The molecule has 5 nitrogen and oxygen atoms in total. The molecule has 0 spiro atoms. The second kappa shape index (κ2) is 6.88. The van der Waals surface area contributed by atoms with Crippen molar-refractivity contribution in [3.8, 4) is 0 Å². The molecule has 0 radical (unpaired) electrons. The Morgan fingerprint density at radius 1 is 1.40 bits per heavy atom. The average Bonchev–Trinajstić information content (AvgIpc) is 3.05. The van der Waals surface area contributed by atoms with Gasteiger partial charge < -0.3 is 10.2 Å². The van der Waals surface area contributed by atoms with E-state index in [2.05, 4.69) is 24.3 Å². The number of carbonyl (C=O) groups excluding carboxylic acids is 1. The van der Waals surface area contributed by atoms with E-state index >= 15 is 0 Å². The molecule has 0 aromatic carbocycles. The Morgan fingerprint density at radius 2 is 2.10 bits per heavy atom. The molecule has 2 atom stereocenters. The van der Waals surface area contributed by atoms with Gasteiger partial charge in [0.2, 0.25) is 5.91 Å². The number of carbonyl (C=O) groups is 1. The smallest absolute Gasteiger partial charge is 0.227 e. The van der Waals surface area contributed by atoms with Crippen LogP contribution in [0, 0.1) is 5.92 Å². The lowest BCUT2D eigenvalue weighted by Crippen LogP contribution is -2.39. The maximum atomic E-state index is 12.8. The van der Waals surface area contributed by atoms with Crippen LogP contribution >= 0.6 is 0 Å². The summed E-state index contributed by atoms with van der Waals surface area (Å²) >= 11 is 0. The van der Waals surface area contributed by atoms with Gasteiger partial charge in [-0.1, -0.05) is 13.8 Å². The summed E-state index contributed by atoms with van der Waals surface area (Å²) in [6.07, 6.45) is 5.96. The van der Waals surface area contributed by atoms with Crippen molar-refractivity contribution in [1.29, 1.82) is 0 Å². The lowest BCUT2D eigenvalue weighted by atomic mass is 9.89. The molecule has 1 N–H and O–H groups in total. The summed E-state index contributed by atoms with van der Waals surface area (Å²) in [5.41, 5.74) is 1.17. The van der Waals surface area contributed by atoms with Gasteiger partial charge in [-0.3, -0.25) is 9.48 Å². The normalized spacial score (nSPS) is 22.1. The molecule has 1 aromatic heterocycles. The topological polar surface area (TPSA) is 50.2 Å². The molecule has 1 saturated heterocycles. The summed E-state index contributed by atoms with van der Waals surface area (Å²) in [6.45, 7) is 7.63. The van der Waals surface area contributed by atoms with E-state index in [1.54, 1.807) is 0 Å². The zero-order valence-corrected chi connectivity index (χ0v) is 12.8. The van der Waals surface area contributed by atoms with Crippen molar-refractivity contribution in [2.45, 2.75) is 32.6 Å². The van der Waals surface area contributed by atoms with Crippen LogP contribution in [0.3, 0.4) is 0 Å². The van der Waals surface area contributed by atoms with Crippen LogP contribution in [0.4, 0.5) is 0 Å². The lowest BCUT2D eigenvalue weighted by molar-refractivity contribution is -0.135. The lowest BCUT2D eigenvalue weighted by Gasteiger charge is -2.27. The van der Waals surface area contributed by atoms with Gasteiger partial charge in [-0.15, -0.1) is 0 Å². The Morgan fingerprint density at radius 3 is 2.65 bits per heavy atom. The van der Waals surface area contributed by atoms with Gasteiger partial charge in [-0.25, -0.2) is 0 Å². The van der Waals surface area contributed by atoms with Crippen LogP contribution in [0.1, 0.15) is 38.2 Å². The molecule has 1 amide bonds. The van der Waals surface area contributed by atoms with Gasteiger partial charge in [0.25, 0.3) is 0 Å². The monoisotopic (exact) mass is 278 g/mol. The Kier molecular flexibility index (Phi) is 5.17. The SMILES string of the molecule is CCCN(CCC)C(=O)[C@H]1CNC[C@@H]1c1cnn(C)c1. The standard InChI is InChI=1S/C15H26N4O/c1-4-6-19(7-5-2)15(20)14-10-16-9-13(14)12-8-17-18(3)11-12/h8,11,13-14,16H,4-7,9-10H2,1-3H3/t13-,14+/m1/s1. The number of rotatable bonds is 6. The van der Waals surface area contributed by atoms with E-state index in [9.17, 15) is 4.79 Å². The molecule has 0 bridgehead atoms. The third-order valence-electron chi connectivity index (χ3n) is 3.98.